The molecular formula is C16H14F2N2O3S2. The molecule has 1 amide bonds. The van der Waals surface area contributed by atoms with E-state index in [1.807, 2.05) is 11.6 Å². The topological polar surface area (TPSA) is 75.3 Å². The number of anilines is 2. The van der Waals surface area contributed by atoms with Gasteiger partial charge in [0.1, 0.15) is 11.6 Å². The first-order valence-electron chi connectivity index (χ1n) is 7.33. The normalized spacial score (nSPS) is 17.4. The summed E-state index contributed by atoms with van der Waals surface area (Å²) in [4.78, 5) is 12.4. The summed E-state index contributed by atoms with van der Waals surface area (Å²) >= 11 is 1.46. The number of rotatable bonds is 3. The highest BCUT2D eigenvalue weighted by Gasteiger charge is 2.23. The van der Waals surface area contributed by atoms with Crippen molar-refractivity contribution < 1.29 is 22.0 Å². The largest absolute Gasteiger partial charge is 0.325 e. The average molecular weight is 384 g/mol. The number of amides is 1. The SMILES string of the molecule is CC1CC(=O)Nc2cc(S(=O)(=O)Nc3cc(F)ccc3F)ccc2S1. The van der Waals surface area contributed by atoms with Crippen molar-refractivity contribution >= 4 is 39.1 Å². The lowest BCUT2D eigenvalue weighted by atomic mass is 10.3. The Balaban J connectivity index is 1.96. The van der Waals surface area contributed by atoms with Crippen LogP contribution in [0, 0.1) is 11.6 Å². The third-order valence-electron chi connectivity index (χ3n) is 3.51. The quantitative estimate of drug-likeness (QED) is 0.848. The molecule has 25 heavy (non-hydrogen) atoms. The van der Waals surface area contributed by atoms with Crippen molar-refractivity contribution in [3.8, 4) is 0 Å². The zero-order valence-electron chi connectivity index (χ0n) is 13.0. The lowest BCUT2D eigenvalue weighted by Gasteiger charge is -2.12. The Morgan fingerprint density at radius 3 is 2.72 bits per heavy atom. The molecule has 1 heterocycles. The summed E-state index contributed by atoms with van der Waals surface area (Å²) < 4.78 is 53.9. The molecule has 5 nitrogen and oxygen atoms in total. The van der Waals surface area contributed by atoms with E-state index in [4.69, 9.17) is 0 Å². The molecule has 0 fully saturated rings. The van der Waals surface area contributed by atoms with Crippen LogP contribution in [0.15, 0.2) is 46.2 Å². The van der Waals surface area contributed by atoms with Crippen molar-refractivity contribution in [1.82, 2.24) is 0 Å². The number of halogens is 2. The van der Waals surface area contributed by atoms with E-state index in [1.54, 1.807) is 6.07 Å². The van der Waals surface area contributed by atoms with Crippen LogP contribution in [0.3, 0.4) is 0 Å². The highest BCUT2D eigenvalue weighted by Crippen LogP contribution is 2.36. The van der Waals surface area contributed by atoms with Crippen LogP contribution in [0.5, 0.6) is 0 Å². The molecule has 2 aromatic rings. The molecule has 0 saturated heterocycles. The molecule has 0 aromatic heterocycles. The highest BCUT2D eigenvalue weighted by atomic mass is 32.2. The van der Waals surface area contributed by atoms with E-state index in [0.717, 1.165) is 23.1 Å². The molecule has 2 N–H and O–H groups in total. The van der Waals surface area contributed by atoms with Gasteiger partial charge in [0.25, 0.3) is 10.0 Å². The van der Waals surface area contributed by atoms with Gasteiger partial charge in [-0.1, -0.05) is 6.92 Å². The number of hydrogen-bond donors (Lipinski definition) is 2. The van der Waals surface area contributed by atoms with Crippen molar-refractivity contribution in [3.63, 3.8) is 0 Å². The van der Waals surface area contributed by atoms with Gasteiger partial charge in [0.15, 0.2) is 0 Å². The molecule has 0 spiro atoms. The Kier molecular flexibility index (Phi) is 4.70. The van der Waals surface area contributed by atoms with Gasteiger partial charge in [-0.25, -0.2) is 17.2 Å². The molecule has 1 atom stereocenters. The number of benzene rings is 2. The van der Waals surface area contributed by atoms with Gasteiger partial charge < -0.3 is 5.32 Å². The van der Waals surface area contributed by atoms with Crippen LogP contribution in [0.25, 0.3) is 0 Å². The number of carbonyl (C=O) groups excluding carboxylic acids is 1. The molecule has 2 aromatic carbocycles. The molecule has 0 radical (unpaired) electrons. The van der Waals surface area contributed by atoms with Crippen molar-refractivity contribution in [1.29, 1.82) is 0 Å². The lowest BCUT2D eigenvalue weighted by molar-refractivity contribution is -0.116. The summed E-state index contributed by atoms with van der Waals surface area (Å²) in [6, 6.07) is 6.73. The van der Waals surface area contributed by atoms with Crippen LogP contribution >= 0.6 is 11.8 Å². The van der Waals surface area contributed by atoms with Crippen LogP contribution in [0.4, 0.5) is 20.2 Å². The molecule has 132 valence electrons. The summed E-state index contributed by atoms with van der Waals surface area (Å²) in [7, 11) is -4.15. The maximum absolute atomic E-state index is 13.7. The number of sulfonamides is 1. The van der Waals surface area contributed by atoms with Gasteiger partial charge in [-0.15, -0.1) is 11.8 Å². The predicted molar refractivity (Wildman–Crippen MR) is 92.2 cm³/mol. The van der Waals surface area contributed by atoms with E-state index in [-0.39, 0.29) is 16.1 Å². The second-order valence-corrected chi connectivity index (χ2v) is 8.73. The fraction of sp³-hybridized carbons (Fsp3) is 0.188. The molecule has 0 aliphatic carbocycles. The first-order chi connectivity index (χ1) is 11.7. The third-order valence-corrected chi connectivity index (χ3v) is 6.05. The third kappa shape index (κ3) is 3.93. The standard InChI is InChI=1S/C16H14F2N2O3S2/c1-9-6-16(21)19-14-8-11(3-5-15(14)24-9)25(22,23)20-13-7-10(17)2-4-12(13)18/h2-5,7-9,20H,6H2,1H3,(H,19,21). The van der Waals surface area contributed by atoms with Crippen LogP contribution in [-0.2, 0) is 14.8 Å². The molecule has 3 rings (SSSR count). The minimum atomic E-state index is -4.15. The van der Waals surface area contributed by atoms with E-state index in [9.17, 15) is 22.0 Å². The van der Waals surface area contributed by atoms with Gasteiger partial charge in [-0.05, 0) is 30.3 Å². The van der Waals surface area contributed by atoms with Gasteiger partial charge >= 0.3 is 0 Å². The molecular weight excluding hydrogens is 370 g/mol. The Morgan fingerprint density at radius 2 is 1.96 bits per heavy atom. The van der Waals surface area contributed by atoms with Crippen molar-refractivity contribution in [2.45, 2.75) is 28.4 Å². The maximum atomic E-state index is 13.7. The summed E-state index contributed by atoms with van der Waals surface area (Å²) in [5.74, 6) is -1.87. The van der Waals surface area contributed by atoms with Crippen LogP contribution in [0.1, 0.15) is 13.3 Å². The average Bonchev–Trinajstić information content (AvgIpc) is 2.66. The summed E-state index contributed by atoms with van der Waals surface area (Å²) in [5.41, 5.74) is -0.107. The van der Waals surface area contributed by atoms with E-state index < -0.39 is 27.3 Å². The van der Waals surface area contributed by atoms with Crippen LogP contribution in [0.2, 0.25) is 0 Å². The Hall–Kier alpha value is -2.13. The first kappa shape index (κ1) is 17.7. The minimum absolute atomic E-state index is 0.0585. The van der Waals surface area contributed by atoms with Crippen LogP contribution < -0.4 is 10.0 Å². The van der Waals surface area contributed by atoms with Gasteiger partial charge in [0.2, 0.25) is 5.91 Å². The first-order valence-corrected chi connectivity index (χ1v) is 9.69. The molecule has 9 heteroatoms. The molecule has 0 saturated carbocycles. The monoisotopic (exact) mass is 384 g/mol. The molecule has 1 unspecified atom stereocenters. The zero-order chi connectivity index (χ0) is 18.2. The number of carbonyl (C=O) groups is 1. The fourth-order valence-corrected chi connectivity index (χ4v) is 4.51. The molecule has 0 bridgehead atoms. The van der Waals surface area contributed by atoms with Gasteiger partial charge in [-0.3, -0.25) is 9.52 Å². The van der Waals surface area contributed by atoms with Crippen molar-refractivity contribution in [2.75, 3.05) is 10.0 Å². The maximum Gasteiger partial charge on any atom is 0.262 e. The van der Waals surface area contributed by atoms with Gasteiger partial charge in [-0.2, -0.15) is 0 Å². The minimum Gasteiger partial charge on any atom is -0.325 e. The number of nitrogens with one attached hydrogen (secondary N) is 2. The highest BCUT2D eigenvalue weighted by molar-refractivity contribution is 8.00. The van der Waals surface area contributed by atoms with Crippen molar-refractivity contribution in [3.05, 3.63) is 48.0 Å². The fourth-order valence-electron chi connectivity index (χ4n) is 2.38. The van der Waals surface area contributed by atoms with E-state index >= 15 is 0 Å². The summed E-state index contributed by atoms with van der Waals surface area (Å²) in [6.45, 7) is 1.90. The number of fused-ring (bicyclic) bond motifs is 1. The number of hydrogen-bond acceptors (Lipinski definition) is 4. The second-order valence-electron chi connectivity index (χ2n) is 5.57. The molecule has 1 aliphatic rings. The molecule has 1 aliphatic heterocycles. The second kappa shape index (κ2) is 6.64. The predicted octanol–water partition coefficient (Wildman–Crippen LogP) is 3.59. The smallest absolute Gasteiger partial charge is 0.262 e. The summed E-state index contributed by atoms with van der Waals surface area (Å²) in [5, 5.41) is 2.72. The zero-order valence-corrected chi connectivity index (χ0v) is 14.7. The Morgan fingerprint density at radius 1 is 1.20 bits per heavy atom. The summed E-state index contributed by atoms with van der Waals surface area (Å²) in [6.07, 6.45) is 0.314. The van der Waals surface area contributed by atoms with E-state index in [0.29, 0.717) is 12.1 Å². The Labute approximate surface area is 147 Å². The number of thioether (sulfide) groups is 1. The van der Waals surface area contributed by atoms with Gasteiger partial charge in [0.05, 0.1) is 16.3 Å². The lowest BCUT2D eigenvalue weighted by Crippen LogP contribution is -2.16. The van der Waals surface area contributed by atoms with Gasteiger partial charge in [0, 0.05) is 22.6 Å². The van der Waals surface area contributed by atoms with E-state index in [2.05, 4.69) is 5.32 Å². The van der Waals surface area contributed by atoms with Crippen molar-refractivity contribution in [2.24, 2.45) is 0 Å². The van der Waals surface area contributed by atoms with Crippen LogP contribution in [-0.4, -0.2) is 19.6 Å². The van der Waals surface area contributed by atoms with E-state index in [1.165, 1.54) is 23.9 Å². The Bertz CT molecular complexity index is 948.